The number of esters is 1. The van der Waals surface area contributed by atoms with Crippen molar-refractivity contribution < 1.29 is 13.9 Å². The topological polar surface area (TPSA) is 39.2 Å². The van der Waals surface area contributed by atoms with E-state index in [4.69, 9.17) is 4.74 Å². The van der Waals surface area contributed by atoms with Crippen LogP contribution in [-0.2, 0) is 0 Å². The van der Waals surface area contributed by atoms with E-state index in [1.807, 2.05) is 22.6 Å². The van der Waals surface area contributed by atoms with Gasteiger partial charge < -0.3 is 4.74 Å². The molecular formula is C10H5FINO2S. The van der Waals surface area contributed by atoms with Gasteiger partial charge in [-0.1, -0.05) is 0 Å². The lowest BCUT2D eigenvalue weighted by molar-refractivity contribution is 0.0733. The molecule has 0 atom stereocenters. The molecule has 1 aromatic carbocycles. The van der Waals surface area contributed by atoms with Crippen molar-refractivity contribution in [2.24, 2.45) is 0 Å². The van der Waals surface area contributed by atoms with Crippen molar-refractivity contribution in [2.75, 3.05) is 0 Å². The van der Waals surface area contributed by atoms with Crippen molar-refractivity contribution in [3.63, 3.8) is 0 Å². The summed E-state index contributed by atoms with van der Waals surface area (Å²) in [5, 5.41) is 1.60. The fourth-order valence-electron chi connectivity index (χ4n) is 1.02. The smallest absolute Gasteiger partial charge is 0.346 e. The lowest BCUT2D eigenvalue weighted by Crippen LogP contribution is -2.08. The molecular weight excluding hydrogens is 344 g/mol. The van der Waals surface area contributed by atoms with Crippen LogP contribution in [0.3, 0.4) is 0 Å². The Hall–Kier alpha value is -1.02. The van der Waals surface area contributed by atoms with Crippen LogP contribution in [-0.4, -0.2) is 10.3 Å². The Bertz CT molecular complexity index is 516. The molecule has 0 N–H and O–H groups in total. The molecule has 82 valence electrons. The molecule has 0 radical (unpaired) electrons. The molecule has 0 amide bonds. The Morgan fingerprint density at radius 1 is 1.50 bits per heavy atom. The molecule has 0 bridgehead atoms. The zero-order valence-electron chi connectivity index (χ0n) is 7.81. The third-order valence-electron chi connectivity index (χ3n) is 1.76. The van der Waals surface area contributed by atoms with Crippen molar-refractivity contribution in [1.29, 1.82) is 0 Å². The van der Waals surface area contributed by atoms with Gasteiger partial charge in [-0.2, -0.15) is 0 Å². The number of benzene rings is 1. The fourth-order valence-corrected chi connectivity index (χ4v) is 2.12. The number of ether oxygens (including phenoxy) is 1. The minimum Gasteiger partial charge on any atom is -0.422 e. The first-order chi connectivity index (χ1) is 7.66. The van der Waals surface area contributed by atoms with Gasteiger partial charge in [0.1, 0.15) is 11.6 Å². The predicted molar refractivity (Wildman–Crippen MR) is 66.2 cm³/mol. The summed E-state index contributed by atoms with van der Waals surface area (Å²) in [6, 6.07) is 3.97. The van der Waals surface area contributed by atoms with Crippen molar-refractivity contribution in [2.45, 2.75) is 0 Å². The van der Waals surface area contributed by atoms with Crippen molar-refractivity contribution >= 4 is 40.1 Å². The van der Waals surface area contributed by atoms with Crippen LogP contribution in [0.4, 0.5) is 4.39 Å². The van der Waals surface area contributed by atoms with Crippen LogP contribution < -0.4 is 4.74 Å². The van der Waals surface area contributed by atoms with Crippen LogP contribution in [0.25, 0.3) is 0 Å². The van der Waals surface area contributed by atoms with E-state index in [-0.39, 0.29) is 5.82 Å². The van der Waals surface area contributed by atoms with Crippen LogP contribution in [0.2, 0.25) is 0 Å². The first-order valence-corrected chi connectivity index (χ1v) is 6.15. The standard InChI is InChI=1S/C10H5FINO2S/c11-7-1-2-9(8(12)3-7)15-10(14)6-4-13-16-5-6/h1-5H. The number of aromatic nitrogens is 1. The minimum atomic E-state index is -0.488. The molecule has 0 saturated carbocycles. The van der Waals surface area contributed by atoms with E-state index < -0.39 is 5.97 Å². The molecule has 0 aliphatic carbocycles. The van der Waals surface area contributed by atoms with Crippen molar-refractivity contribution in [3.8, 4) is 5.75 Å². The molecule has 6 heteroatoms. The lowest BCUT2D eigenvalue weighted by atomic mass is 10.3. The van der Waals surface area contributed by atoms with E-state index in [0.717, 1.165) is 0 Å². The number of rotatable bonds is 2. The third kappa shape index (κ3) is 2.56. The maximum Gasteiger partial charge on any atom is 0.346 e. The summed E-state index contributed by atoms with van der Waals surface area (Å²) in [6.07, 6.45) is 1.43. The van der Waals surface area contributed by atoms with Gasteiger partial charge in [0.15, 0.2) is 0 Å². The van der Waals surface area contributed by atoms with Gasteiger partial charge in [-0.25, -0.2) is 13.6 Å². The van der Waals surface area contributed by atoms with E-state index in [2.05, 4.69) is 4.37 Å². The minimum absolute atomic E-state index is 0.346. The Labute approximate surface area is 109 Å². The molecule has 1 aromatic heterocycles. The number of carbonyl (C=O) groups excluding carboxylic acids is 1. The summed E-state index contributed by atoms with van der Waals surface area (Å²) in [7, 11) is 0. The number of hydrogen-bond donors (Lipinski definition) is 0. The van der Waals surface area contributed by atoms with Crippen molar-refractivity contribution in [3.05, 3.63) is 44.7 Å². The van der Waals surface area contributed by atoms with Crippen LogP contribution in [0.15, 0.2) is 29.8 Å². The molecule has 0 fully saturated rings. The summed E-state index contributed by atoms with van der Waals surface area (Å²) < 4.78 is 22.3. The van der Waals surface area contributed by atoms with Crippen LogP contribution in [0.1, 0.15) is 10.4 Å². The summed E-state index contributed by atoms with van der Waals surface area (Å²) in [5.74, 6) is -0.502. The second-order valence-electron chi connectivity index (χ2n) is 2.88. The summed E-state index contributed by atoms with van der Waals surface area (Å²) >= 11 is 3.08. The zero-order valence-corrected chi connectivity index (χ0v) is 10.8. The highest BCUT2D eigenvalue weighted by Crippen LogP contribution is 2.22. The van der Waals surface area contributed by atoms with Gasteiger partial charge in [0.05, 0.1) is 15.3 Å². The molecule has 0 aliphatic heterocycles. The highest BCUT2D eigenvalue weighted by Gasteiger charge is 2.11. The number of hydrogen-bond acceptors (Lipinski definition) is 4. The molecule has 2 aromatic rings. The lowest BCUT2D eigenvalue weighted by Gasteiger charge is -2.04. The molecule has 0 saturated heterocycles. The predicted octanol–water partition coefficient (Wildman–Crippen LogP) is 3.11. The van der Waals surface area contributed by atoms with E-state index in [1.165, 1.54) is 35.9 Å². The Morgan fingerprint density at radius 2 is 2.31 bits per heavy atom. The normalized spacial score (nSPS) is 10.1. The maximum atomic E-state index is 12.8. The largest absolute Gasteiger partial charge is 0.422 e. The van der Waals surface area contributed by atoms with E-state index in [1.54, 1.807) is 5.38 Å². The van der Waals surface area contributed by atoms with E-state index >= 15 is 0 Å². The Kier molecular flexibility index (Phi) is 3.49. The highest BCUT2D eigenvalue weighted by molar-refractivity contribution is 14.1. The molecule has 1 heterocycles. The molecule has 0 spiro atoms. The highest BCUT2D eigenvalue weighted by atomic mass is 127. The third-order valence-corrected chi connectivity index (χ3v) is 3.19. The van der Waals surface area contributed by atoms with Gasteiger partial charge in [-0.05, 0) is 52.3 Å². The maximum absolute atomic E-state index is 12.8. The SMILES string of the molecule is O=C(Oc1ccc(F)cc1I)c1cnsc1. The first-order valence-electron chi connectivity index (χ1n) is 4.23. The van der Waals surface area contributed by atoms with Gasteiger partial charge in [-0.3, -0.25) is 0 Å². The Balaban J connectivity index is 2.18. The molecule has 16 heavy (non-hydrogen) atoms. The van der Waals surface area contributed by atoms with Gasteiger partial charge >= 0.3 is 5.97 Å². The molecule has 3 nitrogen and oxygen atoms in total. The van der Waals surface area contributed by atoms with Crippen LogP contribution in [0, 0.1) is 9.39 Å². The van der Waals surface area contributed by atoms with E-state index in [0.29, 0.717) is 14.9 Å². The van der Waals surface area contributed by atoms with Gasteiger partial charge in [0.25, 0.3) is 0 Å². The Morgan fingerprint density at radius 3 is 2.94 bits per heavy atom. The monoisotopic (exact) mass is 349 g/mol. The zero-order chi connectivity index (χ0) is 11.5. The fraction of sp³-hybridized carbons (Fsp3) is 0. The average Bonchev–Trinajstić information content (AvgIpc) is 2.75. The van der Waals surface area contributed by atoms with Gasteiger partial charge in [-0.15, -0.1) is 0 Å². The first kappa shape index (κ1) is 11.5. The summed E-state index contributed by atoms with van der Waals surface area (Å²) in [6.45, 7) is 0. The summed E-state index contributed by atoms with van der Waals surface area (Å²) in [4.78, 5) is 11.6. The van der Waals surface area contributed by atoms with E-state index in [9.17, 15) is 9.18 Å². The number of halogens is 2. The molecule has 2 rings (SSSR count). The average molecular weight is 349 g/mol. The van der Waals surface area contributed by atoms with Gasteiger partial charge in [0.2, 0.25) is 0 Å². The second kappa shape index (κ2) is 4.88. The second-order valence-corrected chi connectivity index (χ2v) is 4.70. The van der Waals surface area contributed by atoms with Crippen molar-refractivity contribution in [1.82, 2.24) is 4.37 Å². The molecule has 0 unspecified atom stereocenters. The number of carbonyl (C=O) groups is 1. The molecule has 0 aliphatic rings. The summed E-state index contributed by atoms with van der Waals surface area (Å²) in [5.41, 5.74) is 0.394. The van der Waals surface area contributed by atoms with Crippen LogP contribution >= 0.6 is 34.1 Å². The number of nitrogens with zero attached hydrogens (tertiary/aromatic N) is 1. The van der Waals surface area contributed by atoms with Gasteiger partial charge in [0, 0.05) is 5.38 Å². The quantitative estimate of drug-likeness (QED) is 0.475. The van der Waals surface area contributed by atoms with Crippen LogP contribution in [0.5, 0.6) is 5.75 Å².